The molecule has 0 bridgehead atoms. The molecule has 0 unspecified atom stereocenters. The molecule has 154 valence electrons. The van der Waals surface area contributed by atoms with Crippen LogP contribution in [-0.4, -0.2) is 12.1 Å². The maximum atomic E-state index is 12.2. The van der Waals surface area contributed by atoms with E-state index >= 15 is 0 Å². The summed E-state index contributed by atoms with van der Waals surface area (Å²) in [4.78, 5) is 12.2. The van der Waals surface area contributed by atoms with Gasteiger partial charge >= 0.3 is 0 Å². The van der Waals surface area contributed by atoms with Crippen LogP contribution in [0.25, 0.3) is 10.8 Å². The summed E-state index contributed by atoms with van der Waals surface area (Å²) < 4.78 is 5.94. The number of halogens is 2. The van der Waals surface area contributed by atoms with E-state index in [0.717, 1.165) is 16.9 Å². The highest BCUT2D eigenvalue weighted by atomic mass is 35.5. The van der Waals surface area contributed by atoms with Crippen LogP contribution in [0.4, 0.5) is 0 Å². The number of amides is 1. The first-order chi connectivity index (χ1) is 15.1. The number of benzene rings is 4. The highest BCUT2D eigenvalue weighted by Crippen LogP contribution is 2.22. The molecule has 0 atom stereocenters. The van der Waals surface area contributed by atoms with E-state index in [4.69, 9.17) is 27.9 Å². The lowest BCUT2D eigenvalue weighted by molar-refractivity contribution is 0.0955. The van der Waals surface area contributed by atoms with Crippen molar-refractivity contribution in [1.29, 1.82) is 0 Å². The Morgan fingerprint density at radius 1 is 0.935 bits per heavy atom. The van der Waals surface area contributed by atoms with Gasteiger partial charge in [-0.1, -0.05) is 65.7 Å². The Bertz CT molecular complexity index is 1250. The predicted molar refractivity (Wildman–Crippen MR) is 126 cm³/mol. The number of hydrogen-bond acceptors (Lipinski definition) is 3. The van der Waals surface area contributed by atoms with E-state index in [1.807, 2.05) is 42.5 Å². The first-order valence-corrected chi connectivity index (χ1v) is 10.3. The zero-order valence-corrected chi connectivity index (χ0v) is 17.9. The maximum absolute atomic E-state index is 12.2. The van der Waals surface area contributed by atoms with Gasteiger partial charge in [-0.05, 0) is 64.4 Å². The molecule has 0 saturated carbocycles. The topological polar surface area (TPSA) is 50.7 Å². The molecule has 0 aliphatic heterocycles. The van der Waals surface area contributed by atoms with Crippen molar-refractivity contribution in [2.45, 2.75) is 6.61 Å². The zero-order valence-electron chi connectivity index (χ0n) is 16.4. The summed E-state index contributed by atoms with van der Waals surface area (Å²) in [6.07, 6.45) is 1.55. The Kier molecular flexibility index (Phi) is 6.51. The van der Waals surface area contributed by atoms with E-state index in [9.17, 15) is 4.79 Å². The largest absolute Gasteiger partial charge is 0.489 e. The molecule has 0 aromatic heterocycles. The fourth-order valence-corrected chi connectivity index (χ4v) is 3.62. The van der Waals surface area contributed by atoms with Crippen molar-refractivity contribution in [3.05, 3.63) is 112 Å². The lowest BCUT2D eigenvalue weighted by Crippen LogP contribution is -2.18. The molecule has 6 heteroatoms. The van der Waals surface area contributed by atoms with Gasteiger partial charge in [-0.2, -0.15) is 5.10 Å². The minimum atomic E-state index is -0.409. The average Bonchev–Trinajstić information content (AvgIpc) is 2.78. The first kappa shape index (κ1) is 20.9. The van der Waals surface area contributed by atoms with Crippen molar-refractivity contribution in [1.82, 2.24) is 5.43 Å². The molecule has 0 aliphatic carbocycles. The lowest BCUT2D eigenvalue weighted by Gasteiger charge is -2.09. The number of fused-ring (bicyclic) bond motifs is 1. The summed E-state index contributed by atoms with van der Waals surface area (Å²) in [5, 5.41) is 7.10. The van der Waals surface area contributed by atoms with Crippen LogP contribution in [0.5, 0.6) is 5.75 Å². The van der Waals surface area contributed by atoms with Crippen LogP contribution in [0.2, 0.25) is 10.0 Å². The lowest BCUT2D eigenvalue weighted by atomic mass is 10.1. The quantitative estimate of drug-likeness (QED) is 0.270. The Labute approximate surface area is 190 Å². The van der Waals surface area contributed by atoms with Crippen LogP contribution in [-0.2, 0) is 6.61 Å². The van der Waals surface area contributed by atoms with Gasteiger partial charge in [-0.15, -0.1) is 0 Å². The second kappa shape index (κ2) is 9.65. The monoisotopic (exact) mass is 448 g/mol. The minimum absolute atomic E-state index is 0.271. The van der Waals surface area contributed by atoms with Crippen LogP contribution in [0.3, 0.4) is 0 Å². The summed E-state index contributed by atoms with van der Waals surface area (Å²) in [6.45, 7) is 0.479. The minimum Gasteiger partial charge on any atom is -0.489 e. The molecular weight excluding hydrogens is 431 g/mol. The summed E-state index contributed by atoms with van der Waals surface area (Å²) in [7, 11) is 0. The highest BCUT2D eigenvalue weighted by molar-refractivity contribution is 6.36. The van der Waals surface area contributed by atoms with E-state index in [0.29, 0.717) is 17.2 Å². The van der Waals surface area contributed by atoms with E-state index in [-0.39, 0.29) is 5.02 Å². The van der Waals surface area contributed by atoms with Gasteiger partial charge in [0.15, 0.2) is 0 Å². The molecule has 0 fully saturated rings. The summed E-state index contributed by atoms with van der Waals surface area (Å²) in [5.41, 5.74) is 4.71. The van der Waals surface area contributed by atoms with Gasteiger partial charge < -0.3 is 4.74 Å². The van der Waals surface area contributed by atoms with Crippen molar-refractivity contribution < 1.29 is 9.53 Å². The van der Waals surface area contributed by atoms with Crippen LogP contribution >= 0.6 is 23.2 Å². The van der Waals surface area contributed by atoms with Gasteiger partial charge in [0.2, 0.25) is 0 Å². The summed E-state index contributed by atoms with van der Waals surface area (Å²) in [6, 6.07) is 26.6. The SMILES string of the molecule is O=C(N/N=C/c1ccc(OCc2cccc3ccccc23)cc1)c1ccc(Cl)cc1Cl. The second-order valence-corrected chi connectivity index (χ2v) is 7.66. The number of hydrazone groups is 1. The molecule has 0 aliphatic rings. The van der Waals surface area contributed by atoms with Crippen molar-refractivity contribution in [2.24, 2.45) is 5.10 Å². The predicted octanol–water partition coefficient (Wildman–Crippen LogP) is 6.49. The zero-order chi connectivity index (χ0) is 21.6. The smallest absolute Gasteiger partial charge is 0.272 e. The molecule has 1 amide bonds. The molecule has 4 nitrogen and oxygen atoms in total. The second-order valence-electron chi connectivity index (χ2n) is 6.82. The highest BCUT2D eigenvalue weighted by Gasteiger charge is 2.09. The van der Waals surface area contributed by atoms with Crippen molar-refractivity contribution in [3.8, 4) is 5.75 Å². The third-order valence-electron chi connectivity index (χ3n) is 4.71. The van der Waals surface area contributed by atoms with Crippen molar-refractivity contribution in [3.63, 3.8) is 0 Å². The van der Waals surface area contributed by atoms with E-state index in [1.54, 1.807) is 18.3 Å². The van der Waals surface area contributed by atoms with Gasteiger partial charge in [-0.3, -0.25) is 4.79 Å². The molecule has 0 saturated heterocycles. The first-order valence-electron chi connectivity index (χ1n) is 9.58. The van der Waals surface area contributed by atoms with Crippen molar-refractivity contribution in [2.75, 3.05) is 0 Å². The fourth-order valence-electron chi connectivity index (χ4n) is 3.13. The molecule has 0 heterocycles. The number of ether oxygens (including phenoxy) is 1. The summed E-state index contributed by atoms with van der Waals surface area (Å²) in [5.74, 6) is 0.343. The van der Waals surface area contributed by atoms with E-state index in [2.05, 4.69) is 34.8 Å². The number of hydrogen-bond donors (Lipinski definition) is 1. The number of rotatable bonds is 6. The molecule has 1 N–H and O–H groups in total. The molecule has 4 rings (SSSR count). The molecule has 4 aromatic carbocycles. The molecule has 31 heavy (non-hydrogen) atoms. The van der Waals surface area contributed by atoms with E-state index in [1.165, 1.54) is 16.8 Å². The van der Waals surface area contributed by atoms with E-state index < -0.39 is 5.91 Å². The van der Waals surface area contributed by atoms with Crippen LogP contribution < -0.4 is 10.2 Å². The van der Waals surface area contributed by atoms with Crippen LogP contribution in [0, 0.1) is 0 Å². The number of carbonyl (C=O) groups is 1. The number of nitrogens with one attached hydrogen (secondary N) is 1. The Morgan fingerprint density at radius 2 is 1.71 bits per heavy atom. The van der Waals surface area contributed by atoms with Gasteiger partial charge in [0.1, 0.15) is 12.4 Å². The Morgan fingerprint density at radius 3 is 2.52 bits per heavy atom. The average molecular weight is 449 g/mol. The third kappa shape index (κ3) is 5.23. The molecular formula is C25H18Cl2N2O2. The number of nitrogens with zero attached hydrogens (tertiary/aromatic N) is 1. The standard InChI is InChI=1S/C25H18Cl2N2O2/c26-20-10-13-23(24(27)14-20)25(30)29-28-15-17-8-11-21(12-9-17)31-16-19-6-3-5-18-4-1-2-7-22(18)19/h1-15H,16H2,(H,29,30)/b28-15+. The third-order valence-corrected chi connectivity index (χ3v) is 5.26. The normalized spacial score (nSPS) is 11.0. The molecule has 0 radical (unpaired) electrons. The van der Waals surface area contributed by atoms with Gasteiger partial charge in [-0.25, -0.2) is 5.43 Å². The Hall–Kier alpha value is -3.34. The van der Waals surface area contributed by atoms with Crippen LogP contribution in [0.15, 0.2) is 90.0 Å². The van der Waals surface area contributed by atoms with Gasteiger partial charge in [0.05, 0.1) is 16.8 Å². The van der Waals surface area contributed by atoms with Gasteiger partial charge in [0.25, 0.3) is 5.91 Å². The maximum Gasteiger partial charge on any atom is 0.272 e. The molecule has 4 aromatic rings. The Balaban J connectivity index is 1.35. The fraction of sp³-hybridized carbons (Fsp3) is 0.0400. The van der Waals surface area contributed by atoms with Crippen LogP contribution in [0.1, 0.15) is 21.5 Å². The number of carbonyl (C=O) groups excluding carboxylic acids is 1. The molecule has 0 spiro atoms. The van der Waals surface area contributed by atoms with Gasteiger partial charge in [0, 0.05) is 5.02 Å². The van der Waals surface area contributed by atoms with Crippen molar-refractivity contribution >= 4 is 46.1 Å². The summed E-state index contributed by atoms with van der Waals surface area (Å²) >= 11 is 11.9.